The Morgan fingerprint density at radius 2 is 2.08 bits per heavy atom. The highest BCUT2D eigenvalue weighted by Crippen LogP contribution is 2.44. The summed E-state index contributed by atoms with van der Waals surface area (Å²) >= 11 is 0. The fourth-order valence-corrected chi connectivity index (χ4v) is 3.85. The minimum Gasteiger partial charge on any atom is -0.493 e. The van der Waals surface area contributed by atoms with Crippen molar-refractivity contribution in [1.29, 1.82) is 0 Å². The van der Waals surface area contributed by atoms with Crippen LogP contribution in [0.4, 0.5) is 5.69 Å². The van der Waals surface area contributed by atoms with Crippen LogP contribution in [0.1, 0.15) is 32.1 Å². The smallest absolute Gasteiger partial charge is 0.232 e. The van der Waals surface area contributed by atoms with E-state index in [0.717, 1.165) is 38.0 Å². The van der Waals surface area contributed by atoms with Gasteiger partial charge in [-0.1, -0.05) is 12.8 Å². The summed E-state index contributed by atoms with van der Waals surface area (Å²) < 4.78 is 5.44. The van der Waals surface area contributed by atoms with Gasteiger partial charge in [0.2, 0.25) is 11.8 Å². The Balaban J connectivity index is 1.59. The Morgan fingerprint density at radius 3 is 2.83 bits per heavy atom. The summed E-state index contributed by atoms with van der Waals surface area (Å²) in [5.74, 6) is 0.845. The molecule has 130 valence electrons. The van der Waals surface area contributed by atoms with E-state index in [2.05, 4.69) is 10.6 Å². The lowest BCUT2D eigenvalue weighted by Crippen LogP contribution is -2.44. The lowest BCUT2D eigenvalue weighted by atomic mass is 9.67. The minimum absolute atomic E-state index is 0.125. The number of amides is 2. The van der Waals surface area contributed by atoms with E-state index in [-0.39, 0.29) is 30.3 Å². The first kappa shape index (κ1) is 16.8. The molecule has 4 N–H and O–H groups in total. The molecular formula is C18H25N3O3. The first-order chi connectivity index (χ1) is 11.6. The maximum atomic E-state index is 12.9. The van der Waals surface area contributed by atoms with Gasteiger partial charge in [-0.25, -0.2) is 0 Å². The molecule has 2 amide bonds. The quantitative estimate of drug-likeness (QED) is 0.739. The van der Waals surface area contributed by atoms with Gasteiger partial charge in [0.1, 0.15) is 5.75 Å². The van der Waals surface area contributed by atoms with E-state index >= 15 is 0 Å². The number of nitrogens with one attached hydrogen (secondary N) is 2. The van der Waals surface area contributed by atoms with E-state index in [1.165, 1.54) is 6.42 Å². The molecule has 0 unspecified atom stereocenters. The van der Waals surface area contributed by atoms with Crippen LogP contribution >= 0.6 is 0 Å². The molecule has 2 aliphatic rings. The summed E-state index contributed by atoms with van der Waals surface area (Å²) in [7, 11) is 0. The average molecular weight is 331 g/mol. The van der Waals surface area contributed by atoms with E-state index in [1.54, 1.807) is 12.1 Å². The number of primary amides is 1. The maximum absolute atomic E-state index is 12.9. The third-order valence-electron chi connectivity index (χ3n) is 5.22. The van der Waals surface area contributed by atoms with Crippen molar-refractivity contribution in [1.82, 2.24) is 5.32 Å². The van der Waals surface area contributed by atoms with Gasteiger partial charge >= 0.3 is 0 Å². The molecule has 1 aliphatic heterocycles. The highest BCUT2D eigenvalue weighted by Gasteiger charge is 2.49. The monoisotopic (exact) mass is 331 g/mol. The molecule has 1 heterocycles. The van der Waals surface area contributed by atoms with Crippen molar-refractivity contribution in [2.24, 2.45) is 17.1 Å². The second kappa shape index (κ2) is 7.21. The molecule has 0 radical (unpaired) electrons. The number of fused-ring (bicyclic) bond motifs is 1. The number of hydrogen-bond acceptors (Lipinski definition) is 4. The largest absolute Gasteiger partial charge is 0.493 e. The number of carbonyl (C=O) groups excluding carboxylic acids is 2. The van der Waals surface area contributed by atoms with E-state index < -0.39 is 0 Å². The van der Waals surface area contributed by atoms with Crippen LogP contribution in [-0.4, -0.2) is 31.5 Å². The zero-order valence-corrected chi connectivity index (χ0v) is 13.8. The molecule has 2 atom stereocenters. The van der Waals surface area contributed by atoms with Gasteiger partial charge < -0.3 is 21.1 Å². The molecule has 24 heavy (non-hydrogen) atoms. The Labute approximate surface area is 142 Å². The topological polar surface area (TPSA) is 93.5 Å². The summed E-state index contributed by atoms with van der Waals surface area (Å²) in [4.78, 5) is 23.6. The van der Waals surface area contributed by atoms with Gasteiger partial charge in [0.15, 0.2) is 0 Å². The van der Waals surface area contributed by atoms with Crippen LogP contribution < -0.4 is 21.1 Å². The van der Waals surface area contributed by atoms with Crippen LogP contribution in [0, 0.1) is 11.3 Å². The summed E-state index contributed by atoms with van der Waals surface area (Å²) in [6.07, 6.45) is 4.63. The van der Waals surface area contributed by atoms with Crippen LogP contribution in [-0.2, 0) is 9.59 Å². The third kappa shape index (κ3) is 3.53. The summed E-state index contributed by atoms with van der Waals surface area (Å²) in [5, 5.41) is 6.46. The number of rotatable bonds is 6. The fourth-order valence-electron chi connectivity index (χ4n) is 3.85. The first-order valence-electron chi connectivity index (χ1n) is 8.63. The van der Waals surface area contributed by atoms with Crippen molar-refractivity contribution in [3.63, 3.8) is 0 Å². The Hall–Kier alpha value is -2.08. The SMILES string of the molecule is NC(=O)CCOc1ccc(NC(=O)[C@@]23CCCC[C@H]2CNC3)cc1. The van der Waals surface area contributed by atoms with Gasteiger partial charge in [0, 0.05) is 12.2 Å². The van der Waals surface area contributed by atoms with Gasteiger partial charge in [-0.15, -0.1) is 0 Å². The minimum atomic E-state index is -0.384. The van der Waals surface area contributed by atoms with Gasteiger partial charge in [-0.2, -0.15) is 0 Å². The molecule has 1 saturated heterocycles. The molecule has 6 nitrogen and oxygen atoms in total. The maximum Gasteiger partial charge on any atom is 0.232 e. The van der Waals surface area contributed by atoms with Crippen molar-refractivity contribution in [2.75, 3.05) is 25.0 Å². The van der Waals surface area contributed by atoms with Crippen molar-refractivity contribution in [2.45, 2.75) is 32.1 Å². The van der Waals surface area contributed by atoms with Gasteiger partial charge in [-0.05, 0) is 49.6 Å². The average Bonchev–Trinajstić information content (AvgIpc) is 3.01. The Morgan fingerprint density at radius 1 is 1.29 bits per heavy atom. The normalized spacial score (nSPS) is 25.8. The van der Waals surface area contributed by atoms with E-state index in [9.17, 15) is 9.59 Å². The number of carbonyl (C=O) groups is 2. The zero-order chi connectivity index (χ0) is 17.0. The second-order valence-electron chi connectivity index (χ2n) is 6.77. The second-order valence-corrected chi connectivity index (χ2v) is 6.77. The zero-order valence-electron chi connectivity index (χ0n) is 13.8. The molecule has 6 heteroatoms. The molecule has 3 rings (SSSR count). The lowest BCUT2D eigenvalue weighted by Gasteiger charge is -2.37. The fraction of sp³-hybridized carbons (Fsp3) is 0.556. The van der Waals surface area contributed by atoms with Gasteiger partial charge in [0.05, 0.1) is 18.4 Å². The van der Waals surface area contributed by atoms with Crippen molar-refractivity contribution < 1.29 is 14.3 Å². The van der Waals surface area contributed by atoms with Crippen LogP contribution in [0.5, 0.6) is 5.75 Å². The molecule has 0 bridgehead atoms. The Kier molecular flexibility index (Phi) is 5.04. The highest BCUT2D eigenvalue weighted by atomic mass is 16.5. The van der Waals surface area contributed by atoms with Crippen molar-refractivity contribution in [3.8, 4) is 5.75 Å². The highest BCUT2D eigenvalue weighted by molar-refractivity contribution is 5.96. The van der Waals surface area contributed by atoms with E-state index in [4.69, 9.17) is 10.5 Å². The predicted molar refractivity (Wildman–Crippen MR) is 91.6 cm³/mol. The Bertz CT molecular complexity index is 602. The number of ether oxygens (including phenoxy) is 1. The number of nitrogens with two attached hydrogens (primary N) is 1. The number of hydrogen-bond donors (Lipinski definition) is 3. The third-order valence-corrected chi connectivity index (χ3v) is 5.22. The molecule has 1 aromatic carbocycles. The predicted octanol–water partition coefficient (Wildman–Crippen LogP) is 1.66. The summed E-state index contributed by atoms with van der Waals surface area (Å²) in [5.41, 5.74) is 5.59. The molecule has 1 saturated carbocycles. The number of benzene rings is 1. The van der Waals surface area contributed by atoms with Crippen molar-refractivity contribution >= 4 is 17.5 Å². The summed E-state index contributed by atoms with van der Waals surface area (Å²) in [6, 6.07) is 7.24. The molecule has 1 aliphatic carbocycles. The van der Waals surface area contributed by atoms with E-state index in [0.29, 0.717) is 11.7 Å². The summed E-state index contributed by atoms with van der Waals surface area (Å²) in [6.45, 7) is 1.98. The molecule has 1 aromatic rings. The molecular weight excluding hydrogens is 306 g/mol. The molecule has 0 spiro atoms. The van der Waals surface area contributed by atoms with Crippen LogP contribution in [0.2, 0.25) is 0 Å². The van der Waals surface area contributed by atoms with Gasteiger partial charge in [0.25, 0.3) is 0 Å². The van der Waals surface area contributed by atoms with Crippen LogP contribution in [0.15, 0.2) is 24.3 Å². The molecule has 0 aromatic heterocycles. The van der Waals surface area contributed by atoms with Gasteiger partial charge in [-0.3, -0.25) is 9.59 Å². The van der Waals surface area contributed by atoms with Crippen LogP contribution in [0.25, 0.3) is 0 Å². The van der Waals surface area contributed by atoms with Crippen LogP contribution in [0.3, 0.4) is 0 Å². The number of anilines is 1. The molecule has 2 fully saturated rings. The standard InChI is InChI=1S/C18H25N3O3/c19-16(22)8-10-24-15-6-4-14(5-7-15)21-17(23)18-9-2-1-3-13(18)11-20-12-18/h4-7,13,20H,1-3,8-12H2,(H2,19,22)(H,21,23)/t13-,18+/m0/s1. The first-order valence-corrected chi connectivity index (χ1v) is 8.63. The van der Waals surface area contributed by atoms with E-state index in [1.807, 2.05) is 12.1 Å². The van der Waals surface area contributed by atoms with Crippen molar-refractivity contribution in [3.05, 3.63) is 24.3 Å². The lowest BCUT2D eigenvalue weighted by molar-refractivity contribution is -0.128.